The lowest BCUT2D eigenvalue weighted by molar-refractivity contribution is -0.118. The van der Waals surface area contributed by atoms with Crippen molar-refractivity contribution in [1.82, 2.24) is 10.2 Å². The van der Waals surface area contributed by atoms with Gasteiger partial charge in [0.25, 0.3) is 5.91 Å². The van der Waals surface area contributed by atoms with Crippen molar-refractivity contribution in [3.63, 3.8) is 0 Å². The molecule has 1 fully saturated rings. The van der Waals surface area contributed by atoms with Gasteiger partial charge in [-0.05, 0) is 18.9 Å². The summed E-state index contributed by atoms with van der Waals surface area (Å²) in [6.07, 6.45) is 4.16. The van der Waals surface area contributed by atoms with E-state index < -0.39 is 0 Å². The van der Waals surface area contributed by atoms with Crippen LogP contribution in [0, 0.1) is 5.41 Å². The third-order valence-corrected chi connectivity index (χ3v) is 3.06. The first-order chi connectivity index (χ1) is 8.67. The number of piperidine rings is 1. The van der Waals surface area contributed by atoms with E-state index in [0.717, 1.165) is 45.3 Å². The molecule has 6 nitrogen and oxygen atoms in total. The van der Waals surface area contributed by atoms with Crippen LogP contribution in [0.25, 0.3) is 0 Å². The van der Waals surface area contributed by atoms with Crippen LogP contribution in [0.1, 0.15) is 12.8 Å². The molecule has 1 aliphatic rings. The lowest BCUT2D eigenvalue weighted by Gasteiger charge is -2.32. The van der Waals surface area contributed by atoms with Crippen molar-refractivity contribution in [2.24, 2.45) is 5.73 Å². The maximum atomic E-state index is 11.6. The minimum absolute atomic E-state index is 0.0896. The summed E-state index contributed by atoms with van der Waals surface area (Å²) in [5.74, 6) is -0.283. The second-order valence-corrected chi connectivity index (χ2v) is 4.37. The number of amides is 1. The number of rotatable bonds is 6. The summed E-state index contributed by atoms with van der Waals surface area (Å²) in [5.41, 5.74) is 5.60. The summed E-state index contributed by atoms with van der Waals surface area (Å²) in [4.78, 5) is 13.9. The number of allylic oxidation sites excluding steroid dienone is 1. The number of nitrogens with zero attached hydrogens (tertiary/aromatic N) is 1. The van der Waals surface area contributed by atoms with Gasteiger partial charge < -0.3 is 26.1 Å². The van der Waals surface area contributed by atoms with Crippen LogP contribution in [0.2, 0.25) is 0 Å². The average Bonchev–Trinajstić information content (AvgIpc) is 2.38. The van der Waals surface area contributed by atoms with Crippen LogP contribution in [0.4, 0.5) is 0 Å². The van der Waals surface area contributed by atoms with Gasteiger partial charge in [-0.15, -0.1) is 0 Å². The van der Waals surface area contributed by atoms with Crippen LogP contribution >= 0.6 is 0 Å². The number of nitrogens with two attached hydrogens (primary N) is 1. The summed E-state index contributed by atoms with van der Waals surface area (Å²) in [7, 11) is 1.70. The molecule has 0 aromatic carbocycles. The number of ether oxygens (including phenoxy) is 1. The van der Waals surface area contributed by atoms with E-state index in [1.807, 2.05) is 0 Å². The van der Waals surface area contributed by atoms with Gasteiger partial charge in [-0.25, -0.2) is 0 Å². The normalized spacial score (nSPS) is 18.6. The van der Waals surface area contributed by atoms with E-state index in [-0.39, 0.29) is 17.6 Å². The number of hydrogen-bond donors (Lipinski definition) is 3. The predicted octanol–water partition coefficient (Wildman–Crippen LogP) is -0.294. The van der Waals surface area contributed by atoms with E-state index in [2.05, 4.69) is 10.2 Å². The van der Waals surface area contributed by atoms with Gasteiger partial charge >= 0.3 is 0 Å². The molecule has 0 atom stereocenters. The Kier molecular flexibility index (Phi) is 6.38. The maximum absolute atomic E-state index is 11.6. The fourth-order valence-corrected chi connectivity index (χ4v) is 1.96. The SMILES string of the molecule is COCCN1CCC(NC(=O)/C(N)=C/C=N)CC1. The highest BCUT2D eigenvalue weighted by Gasteiger charge is 2.20. The van der Waals surface area contributed by atoms with Gasteiger partial charge in [-0.3, -0.25) is 4.79 Å². The van der Waals surface area contributed by atoms with Gasteiger partial charge in [-0.2, -0.15) is 0 Å². The van der Waals surface area contributed by atoms with E-state index in [4.69, 9.17) is 15.9 Å². The molecule has 0 spiro atoms. The van der Waals surface area contributed by atoms with Crippen LogP contribution in [0.15, 0.2) is 11.8 Å². The summed E-state index contributed by atoms with van der Waals surface area (Å²) in [6.45, 7) is 3.60. The van der Waals surface area contributed by atoms with Gasteiger partial charge in [0.1, 0.15) is 0 Å². The molecular formula is C12H22N4O2. The molecule has 1 amide bonds. The minimum Gasteiger partial charge on any atom is -0.394 e. The first-order valence-electron chi connectivity index (χ1n) is 6.15. The monoisotopic (exact) mass is 254 g/mol. The third-order valence-electron chi connectivity index (χ3n) is 3.06. The number of methoxy groups -OCH3 is 1. The van der Waals surface area contributed by atoms with Crippen molar-refractivity contribution in [1.29, 1.82) is 5.41 Å². The van der Waals surface area contributed by atoms with E-state index >= 15 is 0 Å². The van der Waals surface area contributed by atoms with Crippen LogP contribution in [-0.4, -0.2) is 56.4 Å². The summed E-state index contributed by atoms with van der Waals surface area (Å²) in [5, 5.41) is 9.74. The van der Waals surface area contributed by atoms with Gasteiger partial charge in [0.2, 0.25) is 0 Å². The Balaban J connectivity index is 2.29. The Morgan fingerprint density at radius 3 is 2.78 bits per heavy atom. The largest absolute Gasteiger partial charge is 0.394 e. The molecule has 0 bridgehead atoms. The molecule has 18 heavy (non-hydrogen) atoms. The first kappa shape index (κ1) is 14.7. The fraction of sp³-hybridized carbons (Fsp3) is 0.667. The maximum Gasteiger partial charge on any atom is 0.267 e. The van der Waals surface area contributed by atoms with Crippen LogP contribution < -0.4 is 11.1 Å². The minimum atomic E-state index is -0.283. The highest BCUT2D eigenvalue weighted by molar-refractivity contribution is 5.96. The lowest BCUT2D eigenvalue weighted by atomic mass is 10.0. The summed E-state index contributed by atoms with van der Waals surface area (Å²) < 4.78 is 5.04. The Labute approximate surface area is 108 Å². The molecular weight excluding hydrogens is 232 g/mol. The number of likely N-dealkylation sites (tertiary alicyclic amines) is 1. The van der Waals surface area contributed by atoms with Crippen molar-refractivity contribution < 1.29 is 9.53 Å². The highest BCUT2D eigenvalue weighted by Crippen LogP contribution is 2.10. The summed E-state index contributed by atoms with van der Waals surface area (Å²) in [6, 6.07) is 0.175. The summed E-state index contributed by atoms with van der Waals surface area (Å²) >= 11 is 0. The van der Waals surface area contributed by atoms with Crippen molar-refractivity contribution in [3.05, 3.63) is 11.8 Å². The second-order valence-electron chi connectivity index (χ2n) is 4.37. The molecule has 0 aromatic rings. The van der Waals surface area contributed by atoms with E-state index in [9.17, 15) is 4.79 Å². The van der Waals surface area contributed by atoms with Gasteiger partial charge in [0.15, 0.2) is 0 Å². The van der Waals surface area contributed by atoms with Crippen LogP contribution in [0.5, 0.6) is 0 Å². The molecule has 1 aliphatic heterocycles. The number of carbonyl (C=O) groups is 1. The zero-order valence-corrected chi connectivity index (χ0v) is 10.8. The molecule has 1 heterocycles. The van der Waals surface area contributed by atoms with Gasteiger partial charge in [0, 0.05) is 39.0 Å². The Morgan fingerprint density at radius 1 is 1.56 bits per heavy atom. The fourth-order valence-electron chi connectivity index (χ4n) is 1.96. The third kappa shape index (κ3) is 4.85. The molecule has 0 radical (unpaired) electrons. The lowest BCUT2D eigenvalue weighted by Crippen LogP contribution is -2.46. The van der Waals surface area contributed by atoms with Crippen LogP contribution in [0.3, 0.4) is 0 Å². The molecule has 1 rings (SSSR count). The Bertz CT molecular complexity index is 309. The molecule has 0 aromatic heterocycles. The quantitative estimate of drug-likeness (QED) is 0.448. The second kappa shape index (κ2) is 7.84. The van der Waals surface area contributed by atoms with Crippen molar-refractivity contribution >= 4 is 12.1 Å². The molecule has 1 saturated heterocycles. The Hall–Kier alpha value is -1.40. The Morgan fingerprint density at radius 2 is 2.22 bits per heavy atom. The highest BCUT2D eigenvalue weighted by atomic mass is 16.5. The molecule has 102 valence electrons. The molecule has 4 N–H and O–H groups in total. The topological polar surface area (TPSA) is 91.4 Å². The smallest absolute Gasteiger partial charge is 0.267 e. The zero-order chi connectivity index (χ0) is 13.4. The number of carbonyl (C=O) groups excluding carboxylic acids is 1. The van der Waals surface area contributed by atoms with Gasteiger partial charge in [-0.1, -0.05) is 0 Å². The number of hydrogen-bond acceptors (Lipinski definition) is 5. The van der Waals surface area contributed by atoms with Crippen molar-refractivity contribution in [2.45, 2.75) is 18.9 Å². The van der Waals surface area contributed by atoms with Crippen molar-refractivity contribution in [3.8, 4) is 0 Å². The molecule has 6 heteroatoms. The molecule has 0 aliphatic carbocycles. The molecule has 0 unspecified atom stereocenters. The standard InChI is InChI=1S/C12H22N4O2/c1-18-9-8-16-6-3-10(4-7-16)15-12(17)11(14)2-5-13/h2,5,10,13H,3-4,6-9,14H2,1H3,(H,15,17)/b11-2-,13-5?. The zero-order valence-electron chi connectivity index (χ0n) is 10.8. The average molecular weight is 254 g/mol. The van der Waals surface area contributed by atoms with E-state index in [1.165, 1.54) is 6.08 Å². The number of nitrogens with one attached hydrogen (secondary N) is 2. The molecule has 0 saturated carbocycles. The van der Waals surface area contributed by atoms with Crippen LogP contribution in [-0.2, 0) is 9.53 Å². The first-order valence-corrected chi connectivity index (χ1v) is 6.15. The van der Waals surface area contributed by atoms with Crippen molar-refractivity contribution in [2.75, 3.05) is 33.4 Å². The predicted molar refractivity (Wildman–Crippen MR) is 70.5 cm³/mol. The van der Waals surface area contributed by atoms with E-state index in [1.54, 1.807) is 7.11 Å². The van der Waals surface area contributed by atoms with Gasteiger partial charge in [0.05, 0.1) is 12.3 Å². The van der Waals surface area contributed by atoms with E-state index in [0.29, 0.717) is 0 Å².